The third-order valence-corrected chi connectivity index (χ3v) is 9.72. The van der Waals surface area contributed by atoms with Crippen LogP contribution in [0.3, 0.4) is 0 Å². The fourth-order valence-corrected chi connectivity index (χ4v) is 7.35. The van der Waals surface area contributed by atoms with E-state index in [1.165, 1.54) is 34.6 Å². The molecule has 9 heteroatoms. The monoisotopic (exact) mass is 536 g/mol. The number of para-hydroxylation sites is 1. The lowest BCUT2D eigenvalue weighted by Gasteiger charge is -2.36. The molecule has 1 aliphatic heterocycles. The van der Waals surface area contributed by atoms with Crippen molar-refractivity contribution in [1.82, 2.24) is 4.31 Å². The number of carboxylic acids is 1. The van der Waals surface area contributed by atoms with Gasteiger partial charge < -0.3 is 10.0 Å². The quantitative estimate of drug-likeness (QED) is 0.419. The van der Waals surface area contributed by atoms with Gasteiger partial charge in [-0.05, 0) is 60.7 Å². The van der Waals surface area contributed by atoms with Gasteiger partial charge in [-0.1, -0.05) is 43.5 Å². The number of carbonyl (C=O) groups excluding carboxylic acids is 1. The molecule has 1 N–H and O–H groups in total. The van der Waals surface area contributed by atoms with E-state index in [0.29, 0.717) is 12.8 Å². The molecule has 0 unspecified atom stereocenters. The number of sulfonamides is 1. The first-order valence-corrected chi connectivity index (χ1v) is 14.1. The molecule has 198 valence electrons. The average Bonchev–Trinajstić information content (AvgIpc) is 3.01. The predicted octanol–water partition coefficient (Wildman–Crippen LogP) is 5.72. The number of anilines is 2. The number of fused-ring (bicyclic) bond motifs is 1. The number of carbonyl (C=O) groups is 2. The Morgan fingerprint density at radius 2 is 1.71 bits per heavy atom. The highest BCUT2D eigenvalue weighted by Gasteiger charge is 2.41. The van der Waals surface area contributed by atoms with E-state index in [1.54, 1.807) is 7.05 Å². The number of aldehydes is 1. The van der Waals surface area contributed by atoms with Crippen LogP contribution in [0.5, 0.6) is 0 Å². The summed E-state index contributed by atoms with van der Waals surface area (Å²) in [6.07, 6.45) is 5.57. The fraction of sp³-hybridized carbons (Fsp3) is 0.310. The van der Waals surface area contributed by atoms with E-state index in [0.717, 1.165) is 37.8 Å². The van der Waals surface area contributed by atoms with Crippen LogP contribution in [-0.4, -0.2) is 49.7 Å². The van der Waals surface area contributed by atoms with Crippen LogP contribution in [0.4, 0.5) is 15.8 Å². The van der Waals surface area contributed by atoms with Gasteiger partial charge in [0.25, 0.3) is 0 Å². The summed E-state index contributed by atoms with van der Waals surface area (Å²) in [6.45, 7) is 0.365. The van der Waals surface area contributed by atoms with Crippen molar-refractivity contribution in [3.05, 3.63) is 77.6 Å². The summed E-state index contributed by atoms with van der Waals surface area (Å²) in [7, 11) is -2.49. The summed E-state index contributed by atoms with van der Waals surface area (Å²) in [6, 6.07) is 15.2. The van der Waals surface area contributed by atoms with Gasteiger partial charge >= 0.3 is 5.97 Å². The molecule has 1 atom stereocenters. The van der Waals surface area contributed by atoms with Gasteiger partial charge in [-0.25, -0.2) is 17.6 Å². The zero-order valence-electron chi connectivity index (χ0n) is 21.0. The van der Waals surface area contributed by atoms with Crippen LogP contribution in [0.25, 0.3) is 11.1 Å². The topological polar surface area (TPSA) is 95.0 Å². The number of carboxylic acid groups (broad SMARTS) is 1. The van der Waals surface area contributed by atoms with Crippen molar-refractivity contribution >= 4 is 33.7 Å². The highest BCUT2D eigenvalue weighted by molar-refractivity contribution is 7.89. The summed E-state index contributed by atoms with van der Waals surface area (Å²) in [5.41, 5.74) is 0.766. The molecule has 1 aliphatic carbocycles. The van der Waals surface area contributed by atoms with Gasteiger partial charge in [0, 0.05) is 36.4 Å². The number of hydrogen-bond acceptors (Lipinski definition) is 5. The molecule has 0 saturated heterocycles. The maximum atomic E-state index is 15.8. The van der Waals surface area contributed by atoms with Gasteiger partial charge in [-0.2, -0.15) is 4.31 Å². The van der Waals surface area contributed by atoms with Crippen molar-refractivity contribution in [1.29, 1.82) is 0 Å². The van der Waals surface area contributed by atoms with Gasteiger partial charge in [0.2, 0.25) is 10.0 Å². The first-order valence-electron chi connectivity index (χ1n) is 12.7. The van der Waals surface area contributed by atoms with Crippen LogP contribution < -0.4 is 4.90 Å². The Balaban J connectivity index is 1.74. The minimum atomic E-state index is -4.07. The molecule has 0 bridgehead atoms. The molecule has 38 heavy (non-hydrogen) atoms. The lowest BCUT2D eigenvalue weighted by molar-refractivity contribution is 0.0696. The number of rotatable bonds is 5. The van der Waals surface area contributed by atoms with Crippen LogP contribution in [0.15, 0.2) is 65.6 Å². The maximum absolute atomic E-state index is 15.8. The maximum Gasteiger partial charge on any atom is 0.335 e. The van der Waals surface area contributed by atoms with E-state index in [1.807, 2.05) is 35.2 Å². The van der Waals surface area contributed by atoms with Crippen LogP contribution in [0, 0.1) is 11.7 Å². The molecule has 3 aromatic carbocycles. The SMILES string of the molecule is CN1[C@H](C2CCCCC2)CN(c2ccccc2)c2cc(F)c(-c3cc(C(=O)O)ccc3C=O)cc2S1(=O)=O. The number of nitrogens with zero attached hydrogens (tertiary/aromatic N) is 2. The van der Waals surface area contributed by atoms with Crippen molar-refractivity contribution in [3.63, 3.8) is 0 Å². The van der Waals surface area contributed by atoms with Crippen LogP contribution >= 0.6 is 0 Å². The molecule has 2 aliphatic rings. The summed E-state index contributed by atoms with van der Waals surface area (Å²) in [5.74, 6) is -1.82. The first kappa shape index (κ1) is 26.1. The molecule has 0 aromatic heterocycles. The third kappa shape index (κ3) is 4.61. The molecule has 7 nitrogen and oxygen atoms in total. The van der Waals surface area contributed by atoms with Crippen molar-refractivity contribution in [2.45, 2.75) is 43.0 Å². The van der Waals surface area contributed by atoms with Gasteiger partial charge in [0.15, 0.2) is 6.29 Å². The first-order chi connectivity index (χ1) is 18.2. The van der Waals surface area contributed by atoms with E-state index < -0.39 is 21.8 Å². The summed E-state index contributed by atoms with van der Waals surface area (Å²) in [5, 5.41) is 9.46. The summed E-state index contributed by atoms with van der Waals surface area (Å²) < 4.78 is 45.4. The zero-order valence-corrected chi connectivity index (χ0v) is 21.8. The fourth-order valence-electron chi connectivity index (χ4n) is 5.74. The highest BCUT2D eigenvalue weighted by atomic mass is 32.2. The van der Waals surface area contributed by atoms with Crippen LogP contribution in [0.2, 0.25) is 0 Å². The molecule has 5 rings (SSSR count). The van der Waals surface area contributed by atoms with E-state index in [2.05, 4.69) is 0 Å². The highest BCUT2D eigenvalue weighted by Crippen LogP contribution is 2.43. The van der Waals surface area contributed by atoms with E-state index in [9.17, 15) is 23.1 Å². The second kappa shape index (κ2) is 10.3. The molecular weight excluding hydrogens is 507 g/mol. The minimum absolute atomic E-state index is 0.0254. The Bertz CT molecular complexity index is 1490. The van der Waals surface area contributed by atoms with Crippen molar-refractivity contribution in [2.75, 3.05) is 18.5 Å². The third-order valence-electron chi connectivity index (χ3n) is 7.81. The standard InChI is InChI=1S/C29H29FN2O5S/c1-31-27(19-8-4-2-5-9-19)17-32(22-10-6-3-7-11-22)26-16-25(30)24(15-28(26)38(31,36)37)23-14-20(29(34)35)12-13-21(23)18-33/h3,6-7,10-16,18-19,27H,2,4-5,8-9,17H2,1H3,(H,34,35)/t27-/m0/s1. The van der Waals surface area contributed by atoms with Gasteiger partial charge in [0.1, 0.15) is 10.7 Å². The molecule has 3 aromatic rings. The second-order valence-electron chi connectivity index (χ2n) is 9.96. The molecule has 0 spiro atoms. The number of likely N-dealkylation sites (N-methyl/N-ethyl adjacent to an activating group) is 1. The van der Waals surface area contributed by atoms with E-state index in [4.69, 9.17) is 0 Å². The molecular formula is C29H29FN2O5S. The normalized spacial score (nSPS) is 19.9. The predicted molar refractivity (Wildman–Crippen MR) is 143 cm³/mol. The van der Waals surface area contributed by atoms with Gasteiger partial charge in [0.05, 0.1) is 11.3 Å². The van der Waals surface area contributed by atoms with Crippen LogP contribution in [0.1, 0.15) is 52.8 Å². The number of halogens is 1. The zero-order chi connectivity index (χ0) is 27.0. The number of hydrogen-bond donors (Lipinski definition) is 1. The van der Waals surface area contributed by atoms with Crippen molar-refractivity contribution < 1.29 is 27.5 Å². The molecule has 1 saturated carbocycles. The average molecular weight is 537 g/mol. The summed E-state index contributed by atoms with van der Waals surface area (Å²) in [4.78, 5) is 25.1. The van der Waals surface area contributed by atoms with Crippen LogP contribution in [-0.2, 0) is 10.0 Å². The largest absolute Gasteiger partial charge is 0.478 e. The number of benzene rings is 3. The second-order valence-corrected chi connectivity index (χ2v) is 11.9. The molecule has 0 radical (unpaired) electrons. The Hall–Kier alpha value is -3.56. The minimum Gasteiger partial charge on any atom is -0.478 e. The van der Waals surface area contributed by atoms with Crippen molar-refractivity contribution in [3.8, 4) is 11.1 Å². The Morgan fingerprint density at radius 3 is 2.37 bits per heavy atom. The lowest BCUT2D eigenvalue weighted by atomic mass is 9.83. The number of aromatic carboxylic acids is 1. The Kier molecular flexibility index (Phi) is 7.07. The Morgan fingerprint density at radius 1 is 1.00 bits per heavy atom. The Labute approximate surface area is 221 Å². The smallest absolute Gasteiger partial charge is 0.335 e. The summed E-state index contributed by atoms with van der Waals surface area (Å²) >= 11 is 0. The molecule has 1 heterocycles. The van der Waals surface area contributed by atoms with Crippen molar-refractivity contribution in [2.24, 2.45) is 5.92 Å². The van der Waals surface area contributed by atoms with Gasteiger partial charge in [-0.15, -0.1) is 0 Å². The lowest BCUT2D eigenvalue weighted by Crippen LogP contribution is -2.46. The van der Waals surface area contributed by atoms with Gasteiger partial charge in [-0.3, -0.25) is 4.79 Å². The molecule has 1 fully saturated rings. The van der Waals surface area contributed by atoms with E-state index >= 15 is 4.39 Å². The molecule has 0 amide bonds. The van der Waals surface area contributed by atoms with E-state index in [-0.39, 0.29) is 44.8 Å².